The zero-order valence-corrected chi connectivity index (χ0v) is 13.4. The summed E-state index contributed by atoms with van der Waals surface area (Å²) in [6.07, 6.45) is 0. The van der Waals surface area contributed by atoms with Crippen molar-refractivity contribution in [1.82, 2.24) is 0 Å². The Hall–Kier alpha value is -1.94. The highest BCUT2D eigenvalue weighted by Crippen LogP contribution is 2.34. The SMILES string of the molecule is Cc1cc(C)c2c(c1)N(Cc1ccccc1Br)C(=O)C2=O. The van der Waals surface area contributed by atoms with E-state index < -0.39 is 11.7 Å². The molecular weight excluding hydrogens is 330 g/mol. The molecule has 0 N–H and O–H groups in total. The number of Topliss-reactive ketones (excluding diaryl/α,β-unsaturated/α-hetero) is 1. The van der Waals surface area contributed by atoms with Gasteiger partial charge in [0.25, 0.3) is 11.7 Å². The topological polar surface area (TPSA) is 37.4 Å². The molecule has 0 fully saturated rings. The van der Waals surface area contributed by atoms with E-state index in [2.05, 4.69) is 15.9 Å². The summed E-state index contributed by atoms with van der Waals surface area (Å²) in [6, 6.07) is 11.6. The van der Waals surface area contributed by atoms with Crippen LogP contribution in [0.25, 0.3) is 0 Å². The third-order valence-electron chi connectivity index (χ3n) is 3.70. The van der Waals surface area contributed by atoms with E-state index in [-0.39, 0.29) is 0 Å². The Morgan fingerprint density at radius 2 is 1.81 bits per heavy atom. The molecular formula is C17H14BrNO2. The quantitative estimate of drug-likeness (QED) is 0.778. The zero-order chi connectivity index (χ0) is 15.1. The first kappa shape index (κ1) is 14.0. The number of carbonyl (C=O) groups excluding carboxylic acids is 2. The molecule has 3 rings (SSSR count). The Bertz CT molecular complexity index is 767. The Morgan fingerprint density at radius 3 is 2.52 bits per heavy atom. The maximum atomic E-state index is 12.3. The Morgan fingerprint density at radius 1 is 1.10 bits per heavy atom. The van der Waals surface area contributed by atoms with Crippen LogP contribution in [-0.2, 0) is 11.3 Å². The third kappa shape index (κ3) is 2.29. The van der Waals surface area contributed by atoms with Gasteiger partial charge in [-0.1, -0.05) is 40.2 Å². The predicted octanol–water partition coefficient (Wildman–Crippen LogP) is 3.80. The second kappa shape index (κ2) is 5.11. The van der Waals surface area contributed by atoms with Crippen LogP contribution in [-0.4, -0.2) is 11.7 Å². The molecule has 1 heterocycles. The van der Waals surface area contributed by atoms with E-state index in [4.69, 9.17) is 0 Å². The summed E-state index contributed by atoms with van der Waals surface area (Å²) in [6.45, 7) is 4.23. The monoisotopic (exact) mass is 343 g/mol. The van der Waals surface area contributed by atoms with Gasteiger partial charge >= 0.3 is 0 Å². The van der Waals surface area contributed by atoms with Gasteiger partial charge in [-0.25, -0.2) is 0 Å². The molecule has 0 saturated carbocycles. The Labute approximate surface area is 131 Å². The number of hydrogen-bond acceptors (Lipinski definition) is 2. The van der Waals surface area contributed by atoms with Crippen molar-refractivity contribution in [2.45, 2.75) is 20.4 Å². The number of halogens is 1. The van der Waals surface area contributed by atoms with Crippen LogP contribution in [0.5, 0.6) is 0 Å². The van der Waals surface area contributed by atoms with Gasteiger partial charge in [0.15, 0.2) is 0 Å². The van der Waals surface area contributed by atoms with Crippen LogP contribution in [0.4, 0.5) is 5.69 Å². The number of nitrogens with zero attached hydrogens (tertiary/aromatic N) is 1. The molecule has 0 atom stereocenters. The smallest absolute Gasteiger partial charge is 0.299 e. The molecule has 0 spiro atoms. The first-order valence-electron chi connectivity index (χ1n) is 6.70. The fourth-order valence-corrected chi connectivity index (χ4v) is 3.16. The van der Waals surface area contributed by atoms with E-state index in [1.807, 2.05) is 50.2 Å². The molecule has 2 aromatic carbocycles. The first-order valence-corrected chi connectivity index (χ1v) is 7.49. The van der Waals surface area contributed by atoms with E-state index in [1.165, 1.54) is 0 Å². The van der Waals surface area contributed by atoms with Crippen LogP contribution in [0.2, 0.25) is 0 Å². The van der Waals surface area contributed by atoms with Crippen molar-refractivity contribution in [2.24, 2.45) is 0 Å². The van der Waals surface area contributed by atoms with Crippen molar-refractivity contribution in [1.29, 1.82) is 0 Å². The minimum Gasteiger partial charge on any atom is -0.300 e. The van der Waals surface area contributed by atoms with Crippen molar-refractivity contribution >= 4 is 33.3 Å². The summed E-state index contributed by atoms with van der Waals surface area (Å²) in [7, 11) is 0. The van der Waals surface area contributed by atoms with Crippen molar-refractivity contribution in [3.63, 3.8) is 0 Å². The van der Waals surface area contributed by atoms with Gasteiger partial charge in [-0.3, -0.25) is 9.59 Å². The van der Waals surface area contributed by atoms with E-state index in [0.717, 1.165) is 26.9 Å². The van der Waals surface area contributed by atoms with Crippen LogP contribution in [0.15, 0.2) is 40.9 Å². The largest absolute Gasteiger partial charge is 0.300 e. The van der Waals surface area contributed by atoms with Gasteiger partial charge in [0.2, 0.25) is 0 Å². The molecule has 4 heteroatoms. The van der Waals surface area contributed by atoms with E-state index >= 15 is 0 Å². The second-order valence-corrected chi connectivity index (χ2v) is 6.14. The summed E-state index contributed by atoms with van der Waals surface area (Å²) < 4.78 is 0.933. The molecule has 2 aromatic rings. The van der Waals surface area contributed by atoms with Gasteiger partial charge in [0, 0.05) is 4.47 Å². The number of fused-ring (bicyclic) bond motifs is 1. The summed E-state index contributed by atoms with van der Waals surface area (Å²) >= 11 is 3.48. The van der Waals surface area contributed by atoms with Gasteiger partial charge in [-0.05, 0) is 42.7 Å². The van der Waals surface area contributed by atoms with Gasteiger partial charge in [0.05, 0.1) is 17.8 Å². The summed E-state index contributed by atoms with van der Waals surface area (Å²) in [5, 5.41) is 0. The number of carbonyl (C=O) groups is 2. The standard InChI is InChI=1S/C17H14BrNO2/c1-10-7-11(2)15-14(8-10)19(17(21)16(15)20)9-12-5-3-4-6-13(12)18/h3-8H,9H2,1-2H3. The minimum atomic E-state index is -0.450. The Balaban J connectivity index is 2.08. The summed E-state index contributed by atoms with van der Waals surface area (Å²) in [4.78, 5) is 26.1. The summed E-state index contributed by atoms with van der Waals surface area (Å²) in [5.74, 6) is -0.857. The van der Waals surface area contributed by atoms with Gasteiger partial charge in [-0.15, -0.1) is 0 Å². The highest BCUT2D eigenvalue weighted by molar-refractivity contribution is 9.10. The molecule has 21 heavy (non-hydrogen) atoms. The molecule has 0 unspecified atom stereocenters. The molecule has 1 aliphatic heterocycles. The molecule has 0 aromatic heterocycles. The Kier molecular flexibility index (Phi) is 3.41. The second-order valence-electron chi connectivity index (χ2n) is 5.29. The number of amides is 1. The van der Waals surface area contributed by atoms with Crippen LogP contribution in [0, 0.1) is 13.8 Å². The summed E-state index contributed by atoms with van der Waals surface area (Å²) in [5.41, 5.74) is 4.14. The fourth-order valence-electron chi connectivity index (χ4n) is 2.75. The number of aryl methyl sites for hydroxylation is 2. The third-order valence-corrected chi connectivity index (χ3v) is 4.48. The van der Waals surface area contributed by atoms with E-state index in [1.54, 1.807) is 4.90 Å². The normalized spacial score (nSPS) is 13.8. The average Bonchev–Trinajstić information content (AvgIpc) is 2.66. The van der Waals surface area contributed by atoms with Crippen molar-refractivity contribution in [3.8, 4) is 0 Å². The maximum Gasteiger partial charge on any atom is 0.299 e. The average molecular weight is 344 g/mol. The lowest BCUT2D eigenvalue weighted by Gasteiger charge is -2.18. The van der Waals surface area contributed by atoms with Gasteiger partial charge in [-0.2, -0.15) is 0 Å². The van der Waals surface area contributed by atoms with Crippen LogP contribution in [0.1, 0.15) is 27.0 Å². The van der Waals surface area contributed by atoms with E-state index in [9.17, 15) is 9.59 Å². The van der Waals surface area contributed by atoms with Gasteiger partial charge in [0.1, 0.15) is 0 Å². The van der Waals surface area contributed by atoms with Crippen molar-refractivity contribution < 1.29 is 9.59 Å². The number of rotatable bonds is 2. The molecule has 3 nitrogen and oxygen atoms in total. The number of benzene rings is 2. The highest BCUT2D eigenvalue weighted by Gasteiger charge is 2.37. The molecule has 0 bridgehead atoms. The lowest BCUT2D eigenvalue weighted by atomic mass is 10.0. The molecule has 1 aliphatic rings. The molecule has 106 valence electrons. The van der Waals surface area contributed by atoms with Gasteiger partial charge < -0.3 is 4.90 Å². The lowest BCUT2D eigenvalue weighted by Crippen LogP contribution is -2.29. The number of hydrogen-bond donors (Lipinski definition) is 0. The van der Waals surface area contributed by atoms with E-state index in [0.29, 0.717) is 12.1 Å². The molecule has 0 radical (unpaired) electrons. The fraction of sp³-hybridized carbons (Fsp3) is 0.176. The molecule has 0 aliphatic carbocycles. The maximum absolute atomic E-state index is 12.3. The van der Waals surface area contributed by atoms with Crippen LogP contribution < -0.4 is 4.90 Å². The zero-order valence-electron chi connectivity index (χ0n) is 11.8. The first-order chi connectivity index (χ1) is 9.99. The lowest BCUT2D eigenvalue weighted by molar-refractivity contribution is -0.114. The number of anilines is 1. The molecule has 0 saturated heterocycles. The van der Waals surface area contributed by atoms with Crippen molar-refractivity contribution in [3.05, 3.63) is 63.1 Å². The minimum absolute atomic E-state index is 0.391. The number of ketones is 1. The van der Waals surface area contributed by atoms with Crippen LogP contribution >= 0.6 is 15.9 Å². The highest BCUT2D eigenvalue weighted by atomic mass is 79.9. The van der Waals surface area contributed by atoms with Crippen molar-refractivity contribution in [2.75, 3.05) is 4.90 Å². The predicted molar refractivity (Wildman–Crippen MR) is 85.6 cm³/mol. The van der Waals surface area contributed by atoms with Crippen LogP contribution in [0.3, 0.4) is 0 Å². The molecule has 1 amide bonds.